The highest BCUT2D eigenvalue weighted by molar-refractivity contribution is 7.09. The number of benzene rings is 1. The molecule has 0 N–H and O–H groups in total. The van der Waals surface area contributed by atoms with Gasteiger partial charge < -0.3 is 14.0 Å². The summed E-state index contributed by atoms with van der Waals surface area (Å²) in [5.41, 5.74) is 4.06. The highest BCUT2D eigenvalue weighted by Gasteiger charge is 2.19. The number of rotatable bonds is 7. The number of carbonyl (C=O) groups excluding carboxylic acids is 1. The molecule has 0 spiro atoms. The molecule has 0 aliphatic carbocycles. The number of aromatic nitrogens is 1. The van der Waals surface area contributed by atoms with Crippen molar-refractivity contribution in [2.24, 2.45) is 0 Å². The van der Waals surface area contributed by atoms with Gasteiger partial charge in [0.1, 0.15) is 0 Å². The lowest BCUT2D eigenvalue weighted by Gasteiger charge is -2.16. The van der Waals surface area contributed by atoms with E-state index in [1.54, 1.807) is 11.3 Å². The SMILES string of the molecule is Cc1cc(C(=O)CN(C)Cc2ccc3c(c2)OCO3)c(C)n1Cc1cccs1. The van der Waals surface area contributed by atoms with E-state index in [4.69, 9.17) is 9.47 Å². The Bertz CT molecular complexity index is 992. The van der Waals surface area contributed by atoms with Gasteiger partial charge in [-0.2, -0.15) is 0 Å². The fraction of sp³-hybridized carbons (Fsp3) is 0.318. The van der Waals surface area contributed by atoms with E-state index in [0.717, 1.165) is 40.6 Å². The predicted molar refractivity (Wildman–Crippen MR) is 111 cm³/mol. The molecule has 1 aliphatic rings. The Hall–Kier alpha value is -2.57. The van der Waals surface area contributed by atoms with Crippen LogP contribution in [0.5, 0.6) is 11.5 Å². The van der Waals surface area contributed by atoms with Crippen LogP contribution in [0.3, 0.4) is 0 Å². The van der Waals surface area contributed by atoms with Crippen molar-refractivity contribution in [1.29, 1.82) is 0 Å². The van der Waals surface area contributed by atoms with Crippen LogP contribution >= 0.6 is 11.3 Å². The summed E-state index contributed by atoms with van der Waals surface area (Å²) in [6.45, 7) is 6.23. The number of hydrogen-bond acceptors (Lipinski definition) is 5. The van der Waals surface area contributed by atoms with E-state index in [2.05, 4.69) is 29.0 Å². The zero-order valence-corrected chi connectivity index (χ0v) is 17.2. The molecule has 0 unspecified atom stereocenters. The summed E-state index contributed by atoms with van der Waals surface area (Å²) < 4.78 is 13.0. The fourth-order valence-corrected chi connectivity index (χ4v) is 4.32. The van der Waals surface area contributed by atoms with Crippen LogP contribution in [-0.4, -0.2) is 35.6 Å². The van der Waals surface area contributed by atoms with Crippen LogP contribution in [0, 0.1) is 13.8 Å². The highest BCUT2D eigenvalue weighted by Crippen LogP contribution is 2.32. The maximum atomic E-state index is 12.9. The maximum Gasteiger partial charge on any atom is 0.231 e. The van der Waals surface area contributed by atoms with Crippen LogP contribution in [0.15, 0.2) is 41.8 Å². The summed E-state index contributed by atoms with van der Waals surface area (Å²) in [5, 5.41) is 2.08. The molecule has 0 saturated heterocycles. The molecule has 0 bridgehead atoms. The zero-order valence-electron chi connectivity index (χ0n) is 16.4. The van der Waals surface area contributed by atoms with Crippen LogP contribution in [0.2, 0.25) is 0 Å². The van der Waals surface area contributed by atoms with Crippen LogP contribution in [0.4, 0.5) is 0 Å². The monoisotopic (exact) mass is 396 g/mol. The summed E-state index contributed by atoms with van der Waals surface area (Å²) in [6, 6.07) is 12.1. The number of ether oxygens (including phenoxy) is 2. The lowest BCUT2D eigenvalue weighted by molar-refractivity contribution is 0.0942. The first-order valence-corrected chi connectivity index (χ1v) is 10.2. The summed E-state index contributed by atoms with van der Waals surface area (Å²) in [5.74, 6) is 1.70. The second-order valence-corrected chi connectivity index (χ2v) is 8.27. The van der Waals surface area contributed by atoms with Crippen molar-refractivity contribution in [2.75, 3.05) is 20.4 Å². The fourth-order valence-electron chi connectivity index (χ4n) is 3.62. The van der Waals surface area contributed by atoms with Crippen molar-refractivity contribution >= 4 is 17.1 Å². The summed E-state index contributed by atoms with van der Waals surface area (Å²) in [6.07, 6.45) is 0. The smallest absolute Gasteiger partial charge is 0.231 e. The Morgan fingerprint density at radius 1 is 1.18 bits per heavy atom. The number of hydrogen-bond donors (Lipinski definition) is 0. The third kappa shape index (κ3) is 3.84. The minimum atomic E-state index is 0.147. The molecule has 2 aromatic heterocycles. The van der Waals surface area contributed by atoms with Gasteiger partial charge in [0.25, 0.3) is 0 Å². The van der Waals surface area contributed by atoms with Crippen LogP contribution in [-0.2, 0) is 13.1 Å². The van der Waals surface area contributed by atoms with E-state index in [1.165, 1.54) is 4.88 Å². The Kier molecular flexibility index (Phi) is 5.24. The van der Waals surface area contributed by atoms with Crippen molar-refractivity contribution in [3.05, 3.63) is 69.2 Å². The molecule has 0 atom stereocenters. The number of fused-ring (bicyclic) bond motifs is 1. The van der Waals surface area contributed by atoms with E-state index < -0.39 is 0 Å². The molecule has 0 radical (unpaired) electrons. The Labute approximate surface area is 169 Å². The normalized spacial score (nSPS) is 12.7. The van der Waals surface area contributed by atoms with Crippen molar-refractivity contribution < 1.29 is 14.3 Å². The Morgan fingerprint density at radius 3 is 2.79 bits per heavy atom. The molecule has 5 nitrogen and oxygen atoms in total. The zero-order chi connectivity index (χ0) is 19.7. The van der Waals surface area contributed by atoms with Crippen LogP contribution in [0.1, 0.15) is 32.2 Å². The van der Waals surface area contributed by atoms with Crippen LogP contribution in [0.25, 0.3) is 0 Å². The summed E-state index contributed by atoms with van der Waals surface area (Å²) in [7, 11) is 1.97. The molecule has 146 valence electrons. The number of Topliss-reactive ketones (excluding diaryl/α,β-unsaturated/α-hetero) is 1. The predicted octanol–water partition coefficient (Wildman–Crippen LogP) is 4.26. The molecule has 0 amide bonds. The average molecular weight is 397 g/mol. The number of ketones is 1. The van der Waals surface area contributed by atoms with Gasteiger partial charge in [-0.15, -0.1) is 11.3 Å². The third-order valence-corrected chi connectivity index (χ3v) is 5.93. The first-order chi connectivity index (χ1) is 13.5. The minimum absolute atomic E-state index is 0.147. The molecule has 4 rings (SSSR count). The number of likely N-dealkylation sites (N-methyl/N-ethyl adjacent to an activating group) is 1. The van der Waals surface area contributed by atoms with Crippen molar-refractivity contribution in [1.82, 2.24) is 9.47 Å². The molecule has 1 aliphatic heterocycles. The van der Waals surface area contributed by atoms with Crippen molar-refractivity contribution in [2.45, 2.75) is 26.9 Å². The quantitative estimate of drug-likeness (QED) is 0.560. The van der Waals surface area contributed by atoms with Crippen LogP contribution < -0.4 is 9.47 Å². The molecule has 3 aromatic rings. The van der Waals surface area contributed by atoms with E-state index >= 15 is 0 Å². The van der Waals surface area contributed by atoms with Gasteiger partial charge in [0.2, 0.25) is 6.79 Å². The first-order valence-electron chi connectivity index (χ1n) is 9.30. The lowest BCUT2D eigenvalue weighted by atomic mass is 10.1. The van der Waals surface area contributed by atoms with E-state index in [-0.39, 0.29) is 12.6 Å². The van der Waals surface area contributed by atoms with E-state index in [9.17, 15) is 4.79 Å². The number of aryl methyl sites for hydroxylation is 1. The van der Waals surface area contributed by atoms with Gasteiger partial charge in [0.15, 0.2) is 17.3 Å². The molecular formula is C22H24N2O3S. The topological polar surface area (TPSA) is 43.7 Å². The number of thiophene rings is 1. The molecule has 3 heterocycles. The van der Waals surface area contributed by atoms with Crippen molar-refractivity contribution in [3.8, 4) is 11.5 Å². The lowest BCUT2D eigenvalue weighted by Crippen LogP contribution is -2.26. The number of carbonyl (C=O) groups is 1. The van der Waals surface area contributed by atoms with E-state index in [0.29, 0.717) is 13.1 Å². The maximum absolute atomic E-state index is 12.9. The Morgan fingerprint density at radius 2 is 2.00 bits per heavy atom. The van der Waals surface area contributed by atoms with Gasteiger partial charge in [0, 0.05) is 28.4 Å². The first kappa shape index (κ1) is 18.8. The molecule has 1 aromatic carbocycles. The summed E-state index contributed by atoms with van der Waals surface area (Å²) in [4.78, 5) is 16.2. The molecule has 28 heavy (non-hydrogen) atoms. The van der Waals surface area contributed by atoms with Gasteiger partial charge in [-0.1, -0.05) is 12.1 Å². The second kappa shape index (κ2) is 7.81. The third-order valence-electron chi connectivity index (χ3n) is 5.07. The van der Waals surface area contributed by atoms with Gasteiger partial charge in [-0.25, -0.2) is 0 Å². The summed E-state index contributed by atoms with van der Waals surface area (Å²) >= 11 is 1.74. The van der Waals surface area contributed by atoms with Gasteiger partial charge in [-0.05, 0) is 56.1 Å². The highest BCUT2D eigenvalue weighted by atomic mass is 32.1. The standard InChI is InChI=1S/C22H24N2O3S/c1-15-9-19(16(2)24(15)12-18-5-4-8-28-18)20(25)13-23(3)11-17-6-7-21-22(10-17)27-14-26-21/h4-10H,11-14H2,1-3H3. The van der Waals surface area contributed by atoms with E-state index in [1.807, 2.05) is 43.1 Å². The molecule has 6 heteroatoms. The van der Waals surface area contributed by atoms with Gasteiger partial charge in [-0.3, -0.25) is 9.69 Å². The Balaban J connectivity index is 1.43. The van der Waals surface area contributed by atoms with Gasteiger partial charge in [0.05, 0.1) is 13.1 Å². The molecule has 0 saturated carbocycles. The average Bonchev–Trinajstić information content (AvgIpc) is 3.38. The molecule has 0 fully saturated rings. The van der Waals surface area contributed by atoms with Gasteiger partial charge >= 0.3 is 0 Å². The van der Waals surface area contributed by atoms with Crippen molar-refractivity contribution in [3.63, 3.8) is 0 Å². The second-order valence-electron chi connectivity index (χ2n) is 7.23. The number of nitrogens with zero attached hydrogens (tertiary/aromatic N) is 2. The minimum Gasteiger partial charge on any atom is -0.454 e. The largest absolute Gasteiger partial charge is 0.454 e. The molecular weight excluding hydrogens is 372 g/mol.